The number of nitrogens with one attached hydrogen (secondary N) is 1. The summed E-state index contributed by atoms with van der Waals surface area (Å²) in [6.45, 7) is 4.72. The molecule has 1 aliphatic carbocycles. The number of hydrogen-bond donors (Lipinski definition) is 1. The predicted molar refractivity (Wildman–Crippen MR) is 131 cm³/mol. The van der Waals surface area contributed by atoms with E-state index in [0.29, 0.717) is 23.9 Å². The Labute approximate surface area is 211 Å². The number of nitrogens with zero attached hydrogens (tertiary/aromatic N) is 4. The largest absolute Gasteiger partial charge is 0.389 e. The zero-order valence-electron chi connectivity index (χ0n) is 21.0. The Bertz CT molecular complexity index is 1000. The molecule has 2 aromatic rings. The van der Waals surface area contributed by atoms with Crippen LogP contribution in [-0.2, 0) is 30.5 Å². The molecule has 0 bridgehead atoms. The summed E-state index contributed by atoms with van der Waals surface area (Å²) in [6, 6.07) is 3.97. The van der Waals surface area contributed by atoms with Crippen molar-refractivity contribution in [1.29, 1.82) is 0 Å². The highest BCUT2D eigenvalue weighted by molar-refractivity contribution is 5.78. The Kier molecular flexibility index (Phi) is 8.93. The van der Waals surface area contributed by atoms with E-state index in [0.717, 1.165) is 75.8 Å². The van der Waals surface area contributed by atoms with Gasteiger partial charge in [0.1, 0.15) is 5.82 Å². The highest BCUT2D eigenvalue weighted by atomic mass is 19.4. The fourth-order valence-corrected chi connectivity index (χ4v) is 5.24. The number of pyridine rings is 1. The van der Waals surface area contributed by atoms with E-state index in [4.69, 9.17) is 0 Å². The van der Waals surface area contributed by atoms with Gasteiger partial charge in [-0.2, -0.15) is 13.2 Å². The maximum absolute atomic E-state index is 12.5. The summed E-state index contributed by atoms with van der Waals surface area (Å²) < 4.78 is 37.6. The van der Waals surface area contributed by atoms with Gasteiger partial charge in [-0.05, 0) is 81.5 Å². The second kappa shape index (κ2) is 12.1. The van der Waals surface area contributed by atoms with Crippen molar-refractivity contribution < 1.29 is 18.0 Å². The van der Waals surface area contributed by atoms with Crippen molar-refractivity contribution in [1.82, 2.24) is 25.2 Å². The van der Waals surface area contributed by atoms with Gasteiger partial charge in [0, 0.05) is 55.8 Å². The van der Waals surface area contributed by atoms with Crippen LogP contribution in [0.4, 0.5) is 13.2 Å². The molecule has 4 rings (SSSR count). The number of fused-ring (bicyclic) bond motifs is 1. The van der Waals surface area contributed by atoms with Crippen LogP contribution in [0.3, 0.4) is 0 Å². The quantitative estimate of drug-likeness (QED) is 0.579. The van der Waals surface area contributed by atoms with E-state index in [1.807, 2.05) is 13.0 Å². The molecule has 196 valence electrons. The summed E-state index contributed by atoms with van der Waals surface area (Å²) in [5, 5.41) is 3.17. The van der Waals surface area contributed by atoms with Crippen molar-refractivity contribution in [2.45, 2.75) is 83.4 Å². The maximum Gasteiger partial charge on any atom is 0.389 e. The Morgan fingerprint density at radius 2 is 1.81 bits per heavy atom. The second-order valence-electron chi connectivity index (χ2n) is 10.3. The molecule has 0 unspecified atom stereocenters. The van der Waals surface area contributed by atoms with E-state index >= 15 is 0 Å². The van der Waals surface area contributed by atoms with Crippen LogP contribution in [0.2, 0.25) is 0 Å². The van der Waals surface area contributed by atoms with Gasteiger partial charge >= 0.3 is 6.18 Å². The molecule has 2 aliphatic rings. The van der Waals surface area contributed by atoms with Gasteiger partial charge in [0.05, 0.1) is 6.42 Å². The van der Waals surface area contributed by atoms with Crippen LogP contribution in [-0.4, -0.2) is 57.6 Å². The van der Waals surface area contributed by atoms with E-state index < -0.39 is 12.6 Å². The van der Waals surface area contributed by atoms with Gasteiger partial charge in [0.15, 0.2) is 0 Å². The molecule has 2 aromatic heterocycles. The van der Waals surface area contributed by atoms with Gasteiger partial charge in [-0.25, -0.2) is 9.97 Å². The number of hydrogen-bond acceptors (Lipinski definition) is 5. The topological polar surface area (TPSA) is 71.0 Å². The van der Waals surface area contributed by atoms with Crippen molar-refractivity contribution in [3.63, 3.8) is 0 Å². The first-order valence-electron chi connectivity index (χ1n) is 13.1. The van der Waals surface area contributed by atoms with Crippen molar-refractivity contribution in [2.24, 2.45) is 5.92 Å². The zero-order valence-corrected chi connectivity index (χ0v) is 21.0. The normalized spacial score (nSPS) is 21.0. The minimum Gasteiger partial charge on any atom is -0.353 e. The van der Waals surface area contributed by atoms with E-state index in [2.05, 4.69) is 25.2 Å². The van der Waals surface area contributed by atoms with Gasteiger partial charge in [-0.15, -0.1) is 0 Å². The van der Waals surface area contributed by atoms with Gasteiger partial charge in [0.25, 0.3) is 0 Å². The van der Waals surface area contributed by atoms with Gasteiger partial charge in [-0.1, -0.05) is 6.07 Å². The van der Waals surface area contributed by atoms with Crippen LogP contribution >= 0.6 is 0 Å². The Balaban J connectivity index is 1.15. The standard InChI is InChI=1S/C27H36F3N5O/c1-19-31-17-21(18-32-19)16-26(36)34-23-5-2-20(3-6-23)9-13-35-14-10-22-4-7-24(8-12-27(28,29)30)33-25(22)11-15-35/h4,7,17-18,20,23H,2-3,5-6,8-16H2,1H3,(H,34,36). The lowest BCUT2D eigenvalue weighted by molar-refractivity contribution is -0.134. The molecule has 1 fully saturated rings. The summed E-state index contributed by atoms with van der Waals surface area (Å²) in [5.41, 5.74) is 3.50. The summed E-state index contributed by atoms with van der Waals surface area (Å²) in [4.78, 5) is 27.7. The lowest BCUT2D eigenvalue weighted by Crippen LogP contribution is -2.39. The molecule has 0 saturated heterocycles. The number of rotatable bonds is 8. The monoisotopic (exact) mass is 503 g/mol. The predicted octanol–water partition coefficient (Wildman–Crippen LogP) is 4.38. The van der Waals surface area contributed by atoms with Crippen LogP contribution in [0.5, 0.6) is 0 Å². The maximum atomic E-state index is 12.5. The minimum absolute atomic E-state index is 0.0326. The van der Waals surface area contributed by atoms with E-state index in [9.17, 15) is 18.0 Å². The third kappa shape index (κ3) is 8.25. The number of carbonyl (C=O) groups excluding carboxylic acids is 1. The van der Waals surface area contributed by atoms with E-state index in [1.165, 1.54) is 5.56 Å². The number of halogens is 3. The molecular formula is C27H36F3N5O. The Morgan fingerprint density at radius 1 is 1.08 bits per heavy atom. The molecule has 1 saturated carbocycles. The summed E-state index contributed by atoms with van der Waals surface area (Å²) in [6.07, 6.45) is 5.81. The molecule has 0 atom stereocenters. The van der Waals surface area contributed by atoms with Gasteiger partial charge in [-0.3, -0.25) is 9.78 Å². The second-order valence-corrected chi connectivity index (χ2v) is 10.3. The van der Waals surface area contributed by atoms with Crippen molar-refractivity contribution >= 4 is 5.91 Å². The third-order valence-corrected chi connectivity index (χ3v) is 7.42. The molecule has 1 N–H and O–H groups in total. The number of aromatic nitrogens is 3. The lowest BCUT2D eigenvalue weighted by Gasteiger charge is -2.30. The number of alkyl halides is 3. The summed E-state index contributed by atoms with van der Waals surface area (Å²) in [7, 11) is 0. The van der Waals surface area contributed by atoms with Crippen molar-refractivity contribution in [3.05, 3.63) is 52.9 Å². The molecule has 1 amide bonds. The average Bonchev–Trinajstić information content (AvgIpc) is 3.05. The third-order valence-electron chi connectivity index (χ3n) is 7.42. The summed E-state index contributed by atoms with van der Waals surface area (Å²) >= 11 is 0. The fraction of sp³-hybridized carbons (Fsp3) is 0.630. The first kappa shape index (κ1) is 26.5. The van der Waals surface area contributed by atoms with Crippen LogP contribution in [0.15, 0.2) is 24.5 Å². The van der Waals surface area contributed by atoms with Gasteiger partial charge < -0.3 is 10.2 Å². The molecular weight excluding hydrogens is 467 g/mol. The fourth-order valence-electron chi connectivity index (χ4n) is 5.24. The smallest absolute Gasteiger partial charge is 0.353 e. The Morgan fingerprint density at radius 3 is 2.53 bits per heavy atom. The Hall–Kier alpha value is -2.55. The highest BCUT2D eigenvalue weighted by Crippen LogP contribution is 2.28. The van der Waals surface area contributed by atoms with Crippen molar-refractivity contribution in [2.75, 3.05) is 19.6 Å². The SMILES string of the molecule is Cc1ncc(CC(=O)NC2CCC(CCN3CCc4ccc(CCC(F)(F)F)nc4CC3)CC2)cn1. The van der Waals surface area contributed by atoms with Crippen molar-refractivity contribution in [3.8, 4) is 0 Å². The number of aryl methyl sites for hydroxylation is 2. The molecule has 36 heavy (non-hydrogen) atoms. The number of amides is 1. The highest BCUT2D eigenvalue weighted by Gasteiger charge is 2.27. The molecule has 0 spiro atoms. The van der Waals surface area contributed by atoms with Crippen LogP contribution < -0.4 is 5.32 Å². The van der Waals surface area contributed by atoms with Gasteiger partial charge in [0.2, 0.25) is 5.91 Å². The van der Waals surface area contributed by atoms with Crippen LogP contribution in [0.1, 0.15) is 66.9 Å². The molecule has 3 heterocycles. The van der Waals surface area contributed by atoms with Crippen LogP contribution in [0.25, 0.3) is 0 Å². The molecule has 9 heteroatoms. The minimum atomic E-state index is -4.15. The number of carbonyl (C=O) groups is 1. The molecule has 0 aromatic carbocycles. The zero-order chi connectivity index (χ0) is 25.5. The van der Waals surface area contributed by atoms with Crippen LogP contribution in [0, 0.1) is 12.8 Å². The average molecular weight is 504 g/mol. The molecule has 0 radical (unpaired) electrons. The molecule has 1 aliphatic heterocycles. The first-order chi connectivity index (χ1) is 17.2. The van der Waals surface area contributed by atoms with E-state index in [-0.39, 0.29) is 18.4 Å². The van der Waals surface area contributed by atoms with E-state index in [1.54, 1.807) is 18.5 Å². The molecule has 6 nitrogen and oxygen atoms in total. The lowest BCUT2D eigenvalue weighted by atomic mass is 9.84. The summed E-state index contributed by atoms with van der Waals surface area (Å²) in [5.74, 6) is 1.40. The first-order valence-corrected chi connectivity index (χ1v) is 13.1.